The first kappa shape index (κ1) is 24.8. The predicted octanol–water partition coefficient (Wildman–Crippen LogP) is 4.88. The lowest BCUT2D eigenvalue weighted by atomic mass is 9.82. The van der Waals surface area contributed by atoms with Gasteiger partial charge in [-0.25, -0.2) is 4.39 Å². The molecule has 0 fully saturated rings. The highest BCUT2D eigenvalue weighted by molar-refractivity contribution is 5.74. The highest BCUT2D eigenvalue weighted by Crippen LogP contribution is 2.41. The first-order chi connectivity index (χ1) is 14.4. The third kappa shape index (κ3) is 7.04. The van der Waals surface area contributed by atoms with Crippen molar-refractivity contribution in [3.63, 3.8) is 0 Å². The summed E-state index contributed by atoms with van der Waals surface area (Å²) < 4.78 is 19.6. The van der Waals surface area contributed by atoms with Crippen molar-refractivity contribution in [3.8, 4) is 16.9 Å². The zero-order valence-electron chi connectivity index (χ0n) is 18.9. The van der Waals surface area contributed by atoms with Crippen molar-refractivity contribution in [2.75, 3.05) is 6.61 Å². The number of aliphatic hydroxyl groups is 2. The van der Waals surface area contributed by atoms with Gasteiger partial charge in [0.2, 0.25) is 0 Å². The lowest BCUT2D eigenvalue weighted by molar-refractivity contribution is -0.139. The van der Waals surface area contributed by atoms with Gasteiger partial charge in [0.05, 0.1) is 18.6 Å². The van der Waals surface area contributed by atoms with Crippen molar-refractivity contribution < 1.29 is 29.2 Å². The minimum atomic E-state index is -1.15. The molecule has 31 heavy (non-hydrogen) atoms. The number of hydrogen-bond acceptors (Lipinski definition) is 4. The van der Waals surface area contributed by atoms with Crippen LogP contribution in [-0.4, -0.2) is 40.1 Å². The summed E-state index contributed by atoms with van der Waals surface area (Å²) in [6.45, 7) is 10.4. The van der Waals surface area contributed by atoms with Crippen LogP contribution in [0, 0.1) is 5.82 Å². The minimum Gasteiger partial charge on any atom is -0.490 e. The van der Waals surface area contributed by atoms with E-state index in [1.165, 1.54) is 12.1 Å². The largest absolute Gasteiger partial charge is 0.490 e. The number of carbonyl (C=O) groups is 1. The molecule has 2 atom stereocenters. The summed E-state index contributed by atoms with van der Waals surface area (Å²) in [7, 11) is 0. The third-order valence-corrected chi connectivity index (χ3v) is 5.14. The summed E-state index contributed by atoms with van der Waals surface area (Å²) in [5, 5.41) is 28.8. The van der Waals surface area contributed by atoms with Crippen LogP contribution < -0.4 is 4.74 Å². The quantitative estimate of drug-likeness (QED) is 0.526. The van der Waals surface area contributed by atoms with Gasteiger partial charge in [0.15, 0.2) is 0 Å². The van der Waals surface area contributed by atoms with Gasteiger partial charge in [0.25, 0.3) is 0 Å². The zero-order chi connectivity index (χ0) is 23.3. The number of ether oxygens (including phenoxy) is 1. The van der Waals surface area contributed by atoms with Crippen LogP contribution in [0.15, 0.2) is 36.4 Å². The average Bonchev–Trinajstić information content (AvgIpc) is 2.64. The summed E-state index contributed by atoms with van der Waals surface area (Å²) in [6.07, 6.45) is -2.72. The summed E-state index contributed by atoms with van der Waals surface area (Å²) >= 11 is 0. The smallest absolute Gasteiger partial charge is 0.305 e. The van der Waals surface area contributed by atoms with E-state index in [0.29, 0.717) is 5.75 Å². The second kappa shape index (κ2) is 10.2. The maximum atomic E-state index is 13.5. The molecule has 2 aromatic rings. The molecule has 2 aromatic carbocycles. The van der Waals surface area contributed by atoms with Crippen LogP contribution in [0.1, 0.15) is 64.5 Å². The zero-order valence-corrected chi connectivity index (χ0v) is 18.9. The number of benzene rings is 2. The molecule has 2 rings (SSSR count). The van der Waals surface area contributed by atoms with Crippen molar-refractivity contribution in [1.29, 1.82) is 0 Å². The Morgan fingerprint density at radius 3 is 2.19 bits per heavy atom. The maximum absolute atomic E-state index is 13.5. The van der Waals surface area contributed by atoms with Crippen LogP contribution in [0.2, 0.25) is 0 Å². The molecule has 0 aliphatic rings. The average molecular weight is 433 g/mol. The fourth-order valence-electron chi connectivity index (χ4n) is 3.36. The summed E-state index contributed by atoms with van der Waals surface area (Å²) in [6, 6.07) is 10.3. The van der Waals surface area contributed by atoms with E-state index in [1.54, 1.807) is 12.1 Å². The molecule has 6 heteroatoms. The van der Waals surface area contributed by atoms with Gasteiger partial charge in [-0.05, 0) is 46.2 Å². The van der Waals surface area contributed by atoms with Crippen LogP contribution in [0.5, 0.6) is 5.75 Å². The van der Waals surface area contributed by atoms with Gasteiger partial charge >= 0.3 is 5.97 Å². The Morgan fingerprint density at radius 1 is 1.06 bits per heavy atom. The van der Waals surface area contributed by atoms with Crippen LogP contribution in [0.3, 0.4) is 0 Å². The summed E-state index contributed by atoms with van der Waals surface area (Å²) in [4.78, 5) is 10.7. The standard InChI is InChI=1S/C25H33FO5/c1-15(2)21-10-17(25(3,4)5)11-22(16-6-8-18(26)9-7-16)24(21)31-14-20(28)12-19(27)13-23(29)30/h6-11,15,19-20,27-28H,12-14H2,1-5H3,(H,29,30)/t19-,20+/m1/s1. The Balaban J connectivity index is 2.43. The second-order valence-corrected chi connectivity index (χ2v) is 9.31. The van der Waals surface area contributed by atoms with Gasteiger partial charge in [0.1, 0.15) is 18.2 Å². The van der Waals surface area contributed by atoms with Gasteiger partial charge in [-0.1, -0.05) is 52.8 Å². The lowest BCUT2D eigenvalue weighted by Crippen LogP contribution is -2.26. The number of hydrogen-bond donors (Lipinski definition) is 3. The number of halogens is 1. The van der Waals surface area contributed by atoms with Gasteiger partial charge in [-0.2, -0.15) is 0 Å². The summed E-state index contributed by atoms with van der Waals surface area (Å²) in [5.74, 6) is -0.725. The first-order valence-corrected chi connectivity index (χ1v) is 10.5. The molecule has 170 valence electrons. The van der Waals surface area contributed by atoms with E-state index in [2.05, 4.69) is 40.7 Å². The first-order valence-electron chi connectivity index (χ1n) is 10.5. The number of aliphatic carboxylic acids is 1. The Morgan fingerprint density at radius 2 is 1.68 bits per heavy atom. The van der Waals surface area contributed by atoms with E-state index >= 15 is 0 Å². The normalized spacial score (nSPS) is 13.8. The molecule has 0 aromatic heterocycles. The van der Waals surface area contributed by atoms with Crippen LogP contribution in [0.25, 0.3) is 11.1 Å². The fourth-order valence-corrected chi connectivity index (χ4v) is 3.36. The molecule has 0 radical (unpaired) electrons. The SMILES string of the molecule is CC(C)c1cc(C(C)(C)C)cc(-c2ccc(F)cc2)c1OC[C@@H](O)C[C@@H](O)CC(=O)O. The van der Waals surface area contributed by atoms with E-state index in [9.17, 15) is 19.4 Å². The van der Waals surface area contributed by atoms with Crippen molar-refractivity contribution in [1.82, 2.24) is 0 Å². The highest BCUT2D eigenvalue weighted by Gasteiger charge is 2.23. The van der Waals surface area contributed by atoms with Crippen LogP contribution in [-0.2, 0) is 10.2 Å². The molecule has 0 aliphatic heterocycles. The number of aliphatic hydroxyl groups excluding tert-OH is 2. The highest BCUT2D eigenvalue weighted by atomic mass is 19.1. The molecule has 5 nitrogen and oxygen atoms in total. The monoisotopic (exact) mass is 432 g/mol. The molecular formula is C25H33FO5. The Kier molecular flexibility index (Phi) is 8.21. The molecule has 0 saturated carbocycles. The Hall–Kier alpha value is -2.44. The van der Waals surface area contributed by atoms with Gasteiger partial charge in [0, 0.05) is 12.0 Å². The Bertz CT molecular complexity index is 884. The van der Waals surface area contributed by atoms with E-state index in [4.69, 9.17) is 9.84 Å². The molecule has 3 N–H and O–H groups in total. The lowest BCUT2D eigenvalue weighted by Gasteiger charge is -2.26. The van der Waals surface area contributed by atoms with Crippen LogP contribution in [0.4, 0.5) is 4.39 Å². The van der Waals surface area contributed by atoms with E-state index in [1.807, 2.05) is 6.07 Å². The van der Waals surface area contributed by atoms with E-state index in [0.717, 1.165) is 22.3 Å². The number of carboxylic acids is 1. The van der Waals surface area contributed by atoms with Crippen LogP contribution >= 0.6 is 0 Å². The number of rotatable bonds is 9. The van der Waals surface area contributed by atoms with Gasteiger partial charge in [-0.3, -0.25) is 4.79 Å². The minimum absolute atomic E-state index is 0.0978. The van der Waals surface area contributed by atoms with E-state index < -0.39 is 24.6 Å². The summed E-state index contributed by atoms with van der Waals surface area (Å²) in [5.41, 5.74) is 3.56. The third-order valence-electron chi connectivity index (χ3n) is 5.14. The molecule has 0 aliphatic carbocycles. The maximum Gasteiger partial charge on any atom is 0.305 e. The van der Waals surface area contributed by atoms with Crippen molar-refractivity contribution in [2.45, 2.75) is 71.0 Å². The van der Waals surface area contributed by atoms with Crippen molar-refractivity contribution in [3.05, 3.63) is 53.3 Å². The van der Waals surface area contributed by atoms with E-state index in [-0.39, 0.29) is 30.2 Å². The second-order valence-electron chi connectivity index (χ2n) is 9.31. The van der Waals surface area contributed by atoms with Gasteiger partial charge < -0.3 is 20.1 Å². The number of carboxylic acid groups (broad SMARTS) is 1. The van der Waals surface area contributed by atoms with Crippen molar-refractivity contribution in [2.24, 2.45) is 0 Å². The Labute approximate surface area is 183 Å². The fraction of sp³-hybridized carbons (Fsp3) is 0.480. The predicted molar refractivity (Wildman–Crippen MR) is 119 cm³/mol. The molecule has 0 spiro atoms. The van der Waals surface area contributed by atoms with Gasteiger partial charge in [-0.15, -0.1) is 0 Å². The molecular weight excluding hydrogens is 399 g/mol. The molecule has 0 saturated heterocycles. The molecule has 0 bridgehead atoms. The molecule has 0 unspecified atom stereocenters. The van der Waals surface area contributed by atoms with Crippen molar-refractivity contribution >= 4 is 5.97 Å². The molecule has 0 heterocycles. The molecule has 0 amide bonds. The topological polar surface area (TPSA) is 87.0 Å².